The highest BCUT2D eigenvalue weighted by Crippen LogP contribution is 2.14. The van der Waals surface area contributed by atoms with E-state index in [0.717, 1.165) is 20.1 Å². The number of benzene rings is 2. The van der Waals surface area contributed by atoms with Crippen molar-refractivity contribution in [3.8, 4) is 0 Å². The fraction of sp³-hybridized carbons (Fsp3) is 0.368. The van der Waals surface area contributed by atoms with Crippen molar-refractivity contribution < 1.29 is 20.1 Å². The summed E-state index contributed by atoms with van der Waals surface area (Å²) in [5.41, 5.74) is 13.3. The summed E-state index contributed by atoms with van der Waals surface area (Å²) in [7, 11) is 1.44. The third-order valence-electron chi connectivity index (χ3n) is 3.71. The van der Waals surface area contributed by atoms with Gasteiger partial charge in [0.25, 0.3) is 0 Å². The van der Waals surface area contributed by atoms with Gasteiger partial charge in [0.15, 0.2) is 12.6 Å². The normalized spacial score (nSPS) is 14.3. The molecular weight excluding hydrogens is 480 g/mol. The molecule has 0 saturated heterocycles. The summed E-state index contributed by atoms with van der Waals surface area (Å²) >= 11 is 6.69. The van der Waals surface area contributed by atoms with E-state index in [-0.39, 0.29) is 0 Å². The van der Waals surface area contributed by atoms with Gasteiger partial charge in [-0.05, 0) is 48.2 Å². The van der Waals surface area contributed by atoms with Crippen molar-refractivity contribution in [1.29, 1.82) is 0 Å². The van der Waals surface area contributed by atoms with Gasteiger partial charge >= 0.3 is 0 Å². The maximum absolute atomic E-state index is 9.30. The maximum atomic E-state index is 9.30. The van der Waals surface area contributed by atoms with Gasteiger partial charge in [0.05, 0.1) is 12.1 Å². The van der Waals surface area contributed by atoms with E-state index in [1.165, 1.54) is 7.11 Å². The van der Waals surface area contributed by atoms with E-state index in [9.17, 15) is 5.11 Å². The van der Waals surface area contributed by atoms with Gasteiger partial charge in [0.1, 0.15) is 0 Å². The fourth-order valence-electron chi connectivity index (χ4n) is 2.25. The highest BCUT2D eigenvalue weighted by atomic mass is 79.9. The van der Waals surface area contributed by atoms with Gasteiger partial charge in [-0.25, -0.2) is 0 Å². The Balaban J connectivity index is 0.000000271. The molecule has 0 aliphatic rings. The molecule has 2 rings (SSSR count). The minimum Gasteiger partial charge on any atom is -0.367 e. The predicted molar refractivity (Wildman–Crippen MR) is 113 cm³/mol. The summed E-state index contributed by atoms with van der Waals surface area (Å²) in [4.78, 5) is 0. The summed E-state index contributed by atoms with van der Waals surface area (Å²) in [5.74, 6) is 0. The highest BCUT2D eigenvalue weighted by Gasteiger charge is 2.14. The number of nitrogens with two attached hydrogens (primary N) is 2. The number of aliphatic hydroxyl groups is 3. The lowest BCUT2D eigenvalue weighted by atomic mass is 10.1. The molecule has 7 N–H and O–H groups in total. The number of rotatable bonds is 7. The van der Waals surface area contributed by atoms with Crippen LogP contribution < -0.4 is 11.5 Å². The van der Waals surface area contributed by atoms with Crippen LogP contribution in [0.25, 0.3) is 0 Å². The molecule has 3 unspecified atom stereocenters. The van der Waals surface area contributed by atoms with Crippen LogP contribution >= 0.6 is 31.9 Å². The minimum atomic E-state index is -1.46. The molecule has 0 radical (unpaired) electrons. The molecule has 6 nitrogen and oxygen atoms in total. The molecule has 0 fully saturated rings. The van der Waals surface area contributed by atoms with Gasteiger partial charge in [0, 0.05) is 16.1 Å². The van der Waals surface area contributed by atoms with E-state index in [4.69, 9.17) is 26.4 Å². The summed E-state index contributed by atoms with van der Waals surface area (Å²) in [6, 6.07) is 14.4. The average molecular weight is 506 g/mol. The van der Waals surface area contributed by atoms with Gasteiger partial charge in [-0.15, -0.1) is 0 Å². The van der Waals surface area contributed by atoms with E-state index in [2.05, 4.69) is 31.9 Å². The van der Waals surface area contributed by atoms with Gasteiger partial charge in [-0.2, -0.15) is 0 Å². The zero-order valence-corrected chi connectivity index (χ0v) is 18.2. The van der Waals surface area contributed by atoms with Crippen LogP contribution in [0.5, 0.6) is 0 Å². The summed E-state index contributed by atoms with van der Waals surface area (Å²) < 4.78 is 6.70. The molecule has 0 aliphatic heterocycles. The van der Waals surface area contributed by atoms with Crippen molar-refractivity contribution in [2.24, 2.45) is 11.5 Å². The smallest absolute Gasteiger partial charge is 0.169 e. The van der Waals surface area contributed by atoms with E-state index in [0.29, 0.717) is 12.8 Å². The van der Waals surface area contributed by atoms with Gasteiger partial charge in [0.2, 0.25) is 0 Å². The van der Waals surface area contributed by atoms with Crippen LogP contribution in [0, 0.1) is 0 Å². The molecule has 0 bridgehead atoms. The van der Waals surface area contributed by atoms with Crippen LogP contribution in [0.2, 0.25) is 0 Å². The topological polar surface area (TPSA) is 122 Å². The van der Waals surface area contributed by atoms with Crippen molar-refractivity contribution >= 4 is 31.9 Å². The zero-order valence-electron chi connectivity index (χ0n) is 15.0. The number of hydrogen-bond acceptors (Lipinski definition) is 6. The summed E-state index contributed by atoms with van der Waals surface area (Å²) in [6.07, 6.45) is -1.32. The predicted octanol–water partition coefficient (Wildman–Crippen LogP) is 1.91. The molecule has 0 aliphatic carbocycles. The van der Waals surface area contributed by atoms with Crippen molar-refractivity contribution in [2.45, 2.75) is 37.5 Å². The third kappa shape index (κ3) is 9.77. The first-order valence-electron chi connectivity index (χ1n) is 8.30. The van der Waals surface area contributed by atoms with Crippen LogP contribution in [0.15, 0.2) is 57.5 Å². The average Bonchev–Trinajstić information content (AvgIpc) is 2.61. The Hall–Kier alpha value is -0.840. The van der Waals surface area contributed by atoms with Crippen LogP contribution in [0.3, 0.4) is 0 Å². The van der Waals surface area contributed by atoms with Gasteiger partial charge < -0.3 is 31.5 Å². The molecule has 2 aromatic rings. The van der Waals surface area contributed by atoms with E-state index < -0.39 is 24.7 Å². The van der Waals surface area contributed by atoms with Crippen LogP contribution in [0.4, 0.5) is 0 Å². The molecular formula is C19H26Br2N2O4. The SMILES string of the molecule is COC(O)C(N)Cc1cccc(Br)c1.NC(Cc1cccc(Br)c1)C(O)O. The number of methoxy groups -OCH3 is 1. The van der Waals surface area contributed by atoms with E-state index in [1.54, 1.807) is 0 Å². The molecule has 150 valence electrons. The number of ether oxygens (including phenoxy) is 1. The molecule has 3 atom stereocenters. The number of aliphatic hydroxyl groups excluding tert-OH is 2. The lowest BCUT2D eigenvalue weighted by Crippen LogP contribution is -2.37. The van der Waals surface area contributed by atoms with Crippen LogP contribution in [-0.4, -0.2) is 47.1 Å². The minimum absolute atomic E-state index is 0.394. The molecule has 2 aromatic carbocycles. The lowest BCUT2D eigenvalue weighted by Gasteiger charge is -2.17. The molecule has 0 amide bonds. The molecule has 0 heterocycles. The summed E-state index contributed by atoms with van der Waals surface area (Å²) in [5, 5.41) is 26.8. The summed E-state index contributed by atoms with van der Waals surface area (Å²) in [6.45, 7) is 0. The van der Waals surface area contributed by atoms with Crippen LogP contribution in [-0.2, 0) is 17.6 Å². The quantitative estimate of drug-likeness (QED) is 0.366. The monoisotopic (exact) mass is 504 g/mol. The Kier molecular flexibility index (Phi) is 11.3. The Morgan fingerprint density at radius 3 is 1.67 bits per heavy atom. The van der Waals surface area contributed by atoms with Crippen molar-refractivity contribution in [3.05, 3.63) is 68.6 Å². The number of hydrogen-bond donors (Lipinski definition) is 5. The standard InChI is InChI=1S/C10H14BrNO2.C9H12BrNO2/c1-14-10(13)9(12)6-7-3-2-4-8(11)5-7;10-7-3-1-2-6(4-7)5-8(11)9(12)13/h2-5,9-10,13H,6,12H2,1H3;1-4,8-9,12-13H,5,11H2. The van der Waals surface area contributed by atoms with E-state index in [1.807, 2.05) is 48.5 Å². The van der Waals surface area contributed by atoms with Crippen molar-refractivity contribution in [1.82, 2.24) is 0 Å². The second-order valence-corrected chi connectivity index (χ2v) is 7.87. The second-order valence-electron chi connectivity index (χ2n) is 6.04. The molecule has 0 saturated carbocycles. The largest absolute Gasteiger partial charge is 0.367 e. The highest BCUT2D eigenvalue weighted by molar-refractivity contribution is 9.10. The van der Waals surface area contributed by atoms with Crippen molar-refractivity contribution in [3.63, 3.8) is 0 Å². The molecule has 0 aromatic heterocycles. The van der Waals surface area contributed by atoms with Gasteiger partial charge in [-0.3, -0.25) is 0 Å². The Morgan fingerprint density at radius 1 is 0.852 bits per heavy atom. The Morgan fingerprint density at radius 2 is 1.30 bits per heavy atom. The van der Waals surface area contributed by atoms with Crippen molar-refractivity contribution in [2.75, 3.05) is 7.11 Å². The van der Waals surface area contributed by atoms with Gasteiger partial charge in [-0.1, -0.05) is 56.1 Å². The zero-order chi connectivity index (χ0) is 20.4. The first kappa shape index (κ1) is 24.2. The Labute approximate surface area is 176 Å². The molecule has 27 heavy (non-hydrogen) atoms. The lowest BCUT2D eigenvalue weighted by molar-refractivity contribution is -0.0890. The fourth-order valence-corrected chi connectivity index (χ4v) is 3.15. The molecule has 0 spiro atoms. The Bertz CT molecular complexity index is 688. The maximum Gasteiger partial charge on any atom is 0.169 e. The molecule has 8 heteroatoms. The second kappa shape index (κ2) is 12.6. The first-order valence-corrected chi connectivity index (χ1v) is 9.88. The first-order chi connectivity index (χ1) is 12.7. The van der Waals surface area contributed by atoms with Crippen LogP contribution in [0.1, 0.15) is 11.1 Å². The number of halogens is 2. The van der Waals surface area contributed by atoms with E-state index >= 15 is 0 Å². The third-order valence-corrected chi connectivity index (χ3v) is 4.70.